The Balaban J connectivity index is 2.12. The van der Waals surface area contributed by atoms with Crippen molar-refractivity contribution in [3.8, 4) is 5.75 Å². The van der Waals surface area contributed by atoms with Crippen molar-refractivity contribution >= 4 is 10.8 Å². The summed E-state index contributed by atoms with van der Waals surface area (Å²) in [5.41, 5.74) is 1.29. The molecule has 3 nitrogen and oxygen atoms in total. The van der Waals surface area contributed by atoms with Gasteiger partial charge in [-0.15, -0.1) is 6.58 Å². The minimum atomic E-state index is 0.320. The molecule has 0 saturated carbocycles. The molecule has 0 radical (unpaired) electrons. The fourth-order valence-corrected chi connectivity index (χ4v) is 3.40. The number of nitrogens with zero attached hydrogens (tertiary/aromatic N) is 1. The first-order valence-electron chi connectivity index (χ1n) is 7.96. The highest BCUT2D eigenvalue weighted by atomic mass is 16.5. The molecule has 0 aromatic heterocycles. The summed E-state index contributed by atoms with van der Waals surface area (Å²) in [5.74, 6) is 0.976. The van der Waals surface area contributed by atoms with Crippen molar-refractivity contribution in [1.82, 2.24) is 10.2 Å². The molecule has 1 N–H and O–H groups in total. The van der Waals surface area contributed by atoms with Gasteiger partial charge in [-0.05, 0) is 23.3 Å². The molecule has 1 atom stereocenters. The molecule has 0 spiro atoms. The minimum Gasteiger partial charge on any atom is -0.496 e. The van der Waals surface area contributed by atoms with E-state index in [1.807, 2.05) is 6.08 Å². The van der Waals surface area contributed by atoms with Gasteiger partial charge in [0.1, 0.15) is 5.75 Å². The normalized spacial score (nSPS) is 17.3. The van der Waals surface area contributed by atoms with Gasteiger partial charge in [-0.3, -0.25) is 4.90 Å². The second-order valence-corrected chi connectivity index (χ2v) is 5.73. The van der Waals surface area contributed by atoms with Gasteiger partial charge in [0.2, 0.25) is 0 Å². The second-order valence-electron chi connectivity index (χ2n) is 5.73. The molecular weight excluding hydrogens is 272 g/mol. The van der Waals surface area contributed by atoms with E-state index in [0.29, 0.717) is 6.04 Å². The third-order valence-corrected chi connectivity index (χ3v) is 4.47. The van der Waals surface area contributed by atoms with Gasteiger partial charge in [0.25, 0.3) is 0 Å². The number of piperazine rings is 1. The SMILES string of the molecule is C=CC[C@H](c1c(OC)ccc2ccccc12)N1CCNCC1. The lowest BCUT2D eigenvalue weighted by molar-refractivity contribution is 0.172. The number of rotatable bonds is 5. The van der Waals surface area contributed by atoms with Gasteiger partial charge in [-0.25, -0.2) is 0 Å². The topological polar surface area (TPSA) is 24.5 Å². The molecule has 1 fully saturated rings. The molecule has 3 heteroatoms. The smallest absolute Gasteiger partial charge is 0.124 e. The number of hydrogen-bond donors (Lipinski definition) is 1. The van der Waals surface area contributed by atoms with Crippen LogP contribution in [-0.2, 0) is 0 Å². The highest BCUT2D eigenvalue weighted by Crippen LogP contribution is 2.38. The van der Waals surface area contributed by atoms with Crippen LogP contribution in [-0.4, -0.2) is 38.2 Å². The first kappa shape index (κ1) is 15.1. The van der Waals surface area contributed by atoms with E-state index in [1.165, 1.54) is 16.3 Å². The lowest BCUT2D eigenvalue weighted by atomic mass is 9.94. The maximum absolute atomic E-state index is 5.69. The van der Waals surface area contributed by atoms with Crippen LogP contribution >= 0.6 is 0 Å². The van der Waals surface area contributed by atoms with E-state index in [2.05, 4.69) is 53.2 Å². The maximum Gasteiger partial charge on any atom is 0.124 e. The summed E-state index contributed by atoms with van der Waals surface area (Å²) in [6, 6.07) is 13.1. The summed E-state index contributed by atoms with van der Waals surface area (Å²) in [6.45, 7) is 8.18. The molecular formula is C19H24N2O. The van der Waals surface area contributed by atoms with Crippen molar-refractivity contribution in [3.05, 3.63) is 54.6 Å². The summed E-state index contributed by atoms with van der Waals surface area (Å²) in [6.07, 6.45) is 2.96. The van der Waals surface area contributed by atoms with Crippen molar-refractivity contribution in [2.24, 2.45) is 0 Å². The van der Waals surface area contributed by atoms with E-state index in [0.717, 1.165) is 38.3 Å². The predicted molar refractivity (Wildman–Crippen MR) is 92.5 cm³/mol. The number of methoxy groups -OCH3 is 1. The summed E-state index contributed by atoms with van der Waals surface area (Å²) in [4.78, 5) is 2.54. The molecule has 1 saturated heterocycles. The second kappa shape index (κ2) is 6.95. The molecule has 2 aromatic carbocycles. The van der Waals surface area contributed by atoms with Crippen LogP contribution in [0, 0.1) is 0 Å². The minimum absolute atomic E-state index is 0.320. The zero-order valence-corrected chi connectivity index (χ0v) is 13.2. The van der Waals surface area contributed by atoms with Crippen LogP contribution in [0.1, 0.15) is 18.0 Å². The number of benzene rings is 2. The van der Waals surface area contributed by atoms with Crippen molar-refractivity contribution in [2.45, 2.75) is 12.5 Å². The predicted octanol–water partition coefficient (Wildman–Crippen LogP) is 3.37. The van der Waals surface area contributed by atoms with Crippen LogP contribution in [0.2, 0.25) is 0 Å². The Labute approximate surface area is 132 Å². The van der Waals surface area contributed by atoms with Gasteiger partial charge in [-0.1, -0.05) is 36.4 Å². The van der Waals surface area contributed by atoms with E-state index in [-0.39, 0.29) is 0 Å². The molecule has 0 unspecified atom stereocenters. The Kier molecular flexibility index (Phi) is 4.76. The molecule has 1 aliphatic rings. The van der Waals surface area contributed by atoms with E-state index >= 15 is 0 Å². The molecule has 2 aromatic rings. The molecule has 0 aliphatic carbocycles. The average Bonchev–Trinajstić information content (AvgIpc) is 2.59. The van der Waals surface area contributed by atoms with Gasteiger partial charge >= 0.3 is 0 Å². The molecule has 1 heterocycles. The summed E-state index contributed by atoms with van der Waals surface area (Å²) in [5, 5.41) is 5.98. The van der Waals surface area contributed by atoms with Crippen molar-refractivity contribution in [1.29, 1.82) is 0 Å². The summed E-state index contributed by atoms with van der Waals surface area (Å²) in [7, 11) is 1.76. The Morgan fingerprint density at radius 3 is 2.73 bits per heavy atom. The van der Waals surface area contributed by atoms with Crippen LogP contribution in [0.4, 0.5) is 0 Å². The third kappa shape index (κ3) is 2.87. The third-order valence-electron chi connectivity index (χ3n) is 4.47. The molecule has 0 bridgehead atoms. The zero-order valence-electron chi connectivity index (χ0n) is 13.2. The number of hydrogen-bond acceptors (Lipinski definition) is 3. The van der Waals surface area contributed by atoms with E-state index in [9.17, 15) is 0 Å². The fraction of sp³-hybridized carbons (Fsp3) is 0.368. The zero-order chi connectivity index (χ0) is 15.4. The van der Waals surface area contributed by atoms with Crippen LogP contribution in [0.5, 0.6) is 5.75 Å². The first-order valence-corrected chi connectivity index (χ1v) is 7.96. The largest absolute Gasteiger partial charge is 0.496 e. The lowest BCUT2D eigenvalue weighted by Gasteiger charge is -2.36. The number of fused-ring (bicyclic) bond motifs is 1. The molecule has 3 rings (SSSR count). The molecule has 1 aliphatic heterocycles. The van der Waals surface area contributed by atoms with E-state index < -0.39 is 0 Å². The van der Waals surface area contributed by atoms with Crippen LogP contribution in [0.25, 0.3) is 10.8 Å². The highest BCUT2D eigenvalue weighted by molar-refractivity contribution is 5.88. The van der Waals surface area contributed by atoms with Gasteiger partial charge < -0.3 is 10.1 Å². The van der Waals surface area contributed by atoms with Gasteiger partial charge in [0.05, 0.1) is 7.11 Å². The Bertz CT molecular complexity index is 647. The quantitative estimate of drug-likeness (QED) is 0.856. The molecule has 0 amide bonds. The van der Waals surface area contributed by atoms with Crippen LogP contribution in [0.15, 0.2) is 49.1 Å². The Hall–Kier alpha value is -1.84. The van der Waals surface area contributed by atoms with E-state index in [4.69, 9.17) is 4.74 Å². The summed E-state index contributed by atoms with van der Waals surface area (Å²) < 4.78 is 5.69. The van der Waals surface area contributed by atoms with Crippen molar-refractivity contribution in [3.63, 3.8) is 0 Å². The Morgan fingerprint density at radius 1 is 1.23 bits per heavy atom. The summed E-state index contributed by atoms with van der Waals surface area (Å²) >= 11 is 0. The van der Waals surface area contributed by atoms with Gasteiger partial charge in [0.15, 0.2) is 0 Å². The van der Waals surface area contributed by atoms with Gasteiger partial charge in [-0.2, -0.15) is 0 Å². The molecule has 22 heavy (non-hydrogen) atoms. The van der Waals surface area contributed by atoms with Crippen molar-refractivity contribution < 1.29 is 4.74 Å². The molecule has 116 valence electrons. The van der Waals surface area contributed by atoms with E-state index in [1.54, 1.807) is 7.11 Å². The number of nitrogens with one attached hydrogen (secondary N) is 1. The standard InChI is InChI=1S/C19H24N2O/c1-3-6-17(21-13-11-20-12-14-21)19-16-8-5-4-7-15(16)9-10-18(19)22-2/h3-5,7-10,17,20H,1,6,11-14H2,2H3/t17-/m1/s1. The van der Waals surface area contributed by atoms with Gasteiger partial charge in [0, 0.05) is 37.8 Å². The average molecular weight is 296 g/mol. The number of ether oxygens (including phenoxy) is 1. The fourth-order valence-electron chi connectivity index (χ4n) is 3.40. The Morgan fingerprint density at radius 2 is 2.00 bits per heavy atom. The highest BCUT2D eigenvalue weighted by Gasteiger charge is 2.25. The monoisotopic (exact) mass is 296 g/mol. The van der Waals surface area contributed by atoms with Crippen LogP contribution < -0.4 is 10.1 Å². The van der Waals surface area contributed by atoms with Crippen LogP contribution in [0.3, 0.4) is 0 Å². The lowest BCUT2D eigenvalue weighted by Crippen LogP contribution is -2.45. The maximum atomic E-state index is 5.69. The first-order chi connectivity index (χ1) is 10.8. The van der Waals surface area contributed by atoms with Crippen molar-refractivity contribution in [2.75, 3.05) is 33.3 Å².